The normalized spacial score (nSPS) is 12.0. The largest absolute Gasteiger partial charge is 0.493 e. The summed E-state index contributed by atoms with van der Waals surface area (Å²) in [7, 11) is 5.15. The molecule has 0 heterocycles. The third-order valence-corrected chi connectivity index (χ3v) is 5.01. The molecule has 152 valence electrons. The highest BCUT2D eigenvalue weighted by Crippen LogP contribution is 2.28. The van der Waals surface area contributed by atoms with Gasteiger partial charge < -0.3 is 14.8 Å². The number of methoxy groups -OCH3 is 2. The maximum absolute atomic E-state index is 12.4. The van der Waals surface area contributed by atoms with E-state index in [2.05, 4.69) is 5.32 Å². The lowest BCUT2D eigenvalue weighted by Crippen LogP contribution is -2.37. The van der Waals surface area contributed by atoms with E-state index in [4.69, 9.17) is 32.7 Å². The molecule has 1 atom stereocenters. The monoisotopic (exact) mass is 424 g/mol. The fourth-order valence-corrected chi connectivity index (χ4v) is 3.47. The van der Waals surface area contributed by atoms with Crippen LogP contribution in [0.5, 0.6) is 11.5 Å². The third-order valence-electron chi connectivity index (χ3n) is 4.45. The predicted octanol–water partition coefficient (Wildman–Crippen LogP) is 4.36. The van der Waals surface area contributed by atoms with Crippen LogP contribution in [0.1, 0.15) is 24.1 Å². The second-order valence-corrected chi connectivity index (χ2v) is 7.48. The summed E-state index contributed by atoms with van der Waals surface area (Å²) < 4.78 is 10.6. The Balaban J connectivity index is 1.85. The summed E-state index contributed by atoms with van der Waals surface area (Å²) in [6.07, 6.45) is 0.794. The van der Waals surface area contributed by atoms with Gasteiger partial charge in [0, 0.05) is 16.6 Å². The molecule has 0 aliphatic heterocycles. The average molecular weight is 425 g/mol. The number of amides is 1. The van der Waals surface area contributed by atoms with Gasteiger partial charge in [-0.1, -0.05) is 35.3 Å². The van der Waals surface area contributed by atoms with E-state index >= 15 is 0 Å². The highest BCUT2D eigenvalue weighted by atomic mass is 35.5. The number of benzene rings is 2. The lowest BCUT2D eigenvalue weighted by molar-refractivity contribution is -0.122. The van der Waals surface area contributed by atoms with Crippen molar-refractivity contribution >= 4 is 29.1 Å². The van der Waals surface area contributed by atoms with E-state index in [0.717, 1.165) is 24.1 Å². The molecule has 2 rings (SSSR count). The molecule has 0 aliphatic carbocycles. The summed E-state index contributed by atoms with van der Waals surface area (Å²) in [6, 6.07) is 10.9. The zero-order valence-electron chi connectivity index (χ0n) is 16.6. The lowest BCUT2D eigenvalue weighted by Gasteiger charge is -2.20. The Labute approximate surface area is 176 Å². The summed E-state index contributed by atoms with van der Waals surface area (Å²) in [6.45, 7) is 2.93. The van der Waals surface area contributed by atoms with Gasteiger partial charge in [0.2, 0.25) is 5.91 Å². The van der Waals surface area contributed by atoms with Crippen molar-refractivity contribution in [3.05, 3.63) is 57.6 Å². The number of rotatable bonds is 9. The third kappa shape index (κ3) is 6.30. The molecule has 28 heavy (non-hydrogen) atoms. The Kier molecular flexibility index (Phi) is 8.42. The topological polar surface area (TPSA) is 50.8 Å². The maximum atomic E-state index is 12.4. The van der Waals surface area contributed by atoms with Gasteiger partial charge in [0.25, 0.3) is 0 Å². The number of carbonyl (C=O) groups is 1. The molecular formula is C21H26Cl2N2O3. The first-order valence-corrected chi connectivity index (χ1v) is 9.73. The van der Waals surface area contributed by atoms with E-state index in [-0.39, 0.29) is 11.9 Å². The molecule has 0 bridgehead atoms. The van der Waals surface area contributed by atoms with Crippen LogP contribution in [-0.4, -0.2) is 45.2 Å². The Morgan fingerprint density at radius 2 is 1.82 bits per heavy atom. The number of carbonyl (C=O) groups excluding carboxylic acids is 1. The van der Waals surface area contributed by atoms with Gasteiger partial charge in [-0.25, -0.2) is 0 Å². The Morgan fingerprint density at radius 1 is 1.11 bits per heavy atom. The van der Waals surface area contributed by atoms with E-state index < -0.39 is 0 Å². The van der Waals surface area contributed by atoms with Crippen molar-refractivity contribution in [3.8, 4) is 11.5 Å². The molecule has 0 spiro atoms. The zero-order valence-corrected chi connectivity index (χ0v) is 18.1. The molecule has 0 aliphatic rings. The fourth-order valence-electron chi connectivity index (χ4n) is 2.90. The van der Waals surface area contributed by atoms with Crippen LogP contribution < -0.4 is 14.8 Å². The van der Waals surface area contributed by atoms with Gasteiger partial charge in [-0.05, 0) is 55.8 Å². The number of nitrogens with one attached hydrogen (secondary N) is 1. The zero-order chi connectivity index (χ0) is 20.7. The molecule has 7 heteroatoms. The summed E-state index contributed by atoms with van der Waals surface area (Å²) in [5.41, 5.74) is 1.96. The summed E-state index contributed by atoms with van der Waals surface area (Å²) in [5.74, 6) is 1.34. The second kappa shape index (κ2) is 10.6. The van der Waals surface area contributed by atoms with Gasteiger partial charge in [0.15, 0.2) is 11.5 Å². The summed E-state index contributed by atoms with van der Waals surface area (Å²) in [4.78, 5) is 14.3. The van der Waals surface area contributed by atoms with Crippen LogP contribution in [0.3, 0.4) is 0 Å². The molecule has 0 unspecified atom stereocenters. The van der Waals surface area contributed by atoms with Gasteiger partial charge >= 0.3 is 0 Å². The van der Waals surface area contributed by atoms with Crippen LogP contribution in [0, 0.1) is 0 Å². The first-order valence-electron chi connectivity index (χ1n) is 8.97. The van der Waals surface area contributed by atoms with Crippen molar-refractivity contribution in [3.63, 3.8) is 0 Å². The number of nitrogens with zero attached hydrogens (tertiary/aromatic N) is 1. The number of ether oxygens (including phenoxy) is 2. The van der Waals surface area contributed by atoms with E-state index in [1.165, 1.54) is 0 Å². The Bertz CT molecular complexity index is 814. The Morgan fingerprint density at radius 3 is 2.46 bits per heavy atom. The molecule has 2 aromatic carbocycles. The number of likely N-dealkylation sites (N-methyl/N-ethyl adjacent to an activating group) is 1. The molecule has 0 saturated carbocycles. The minimum absolute atomic E-state index is 0.0617. The fraction of sp³-hybridized carbons (Fsp3) is 0.381. The van der Waals surface area contributed by atoms with Gasteiger partial charge in [-0.15, -0.1) is 0 Å². The SMILES string of the molecule is COc1ccc(CCN(C)CC(=O)N[C@H](C)c2ccc(Cl)cc2Cl)cc1OC. The smallest absolute Gasteiger partial charge is 0.234 e. The highest BCUT2D eigenvalue weighted by Gasteiger charge is 2.14. The van der Waals surface area contributed by atoms with Gasteiger partial charge in [0.05, 0.1) is 26.8 Å². The van der Waals surface area contributed by atoms with E-state index in [1.54, 1.807) is 26.4 Å². The number of halogens is 2. The first kappa shape index (κ1) is 22.3. The molecular weight excluding hydrogens is 399 g/mol. The lowest BCUT2D eigenvalue weighted by atomic mass is 10.1. The van der Waals surface area contributed by atoms with Crippen molar-refractivity contribution in [1.82, 2.24) is 10.2 Å². The van der Waals surface area contributed by atoms with Crippen LogP contribution in [-0.2, 0) is 11.2 Å². The molecule has 0 fully saturated rings. The standard InChI is InChI=1S/C21H26Cl2N2O3/c1-14(17-7-6-16(22)12-18(17)23)24-21(26)13-25(2)10-9-15-5-8-19(27-3)20(11-15)28-4/h5-8,11-12,14H,9-10,13H2,1-4H3,(H,24,26)/t14-/m1/s1. The summed E-state index contributed by atoms with van der Waals surface area (Å²) >= 11 is 12.1. The molecule has 2 aromatic rings. The van der Waals surface area contributed by atoms with E-state index in [1.807, 2.05) is 43.1 Å². The molecule has 0 saturated heterocycles. The van der Waals surface area contributed by atoms with Crippen molar-refractivity contribution in [2.45, 2.75) is 19.4 Å². The van der Waals surface area contributed by atoms with Crippen molar-refractivity contribution in [1.29, 1.82) is 0 Å². The molecule has 5 nitrogen and oxygen atoms in total. The average Bonchev–Trinajstić information content (AvgIpc) is 2.65. The predicted molar refractivity (Wildman–Crippen MR) is 114 cm³/mol. The van der Waals surface area contributed by atoms with Crippen LogP contribution in [0.25, 0.3) is 0 Å². The van der Waals surface area contributed by atoms with Crippen molar-refractivity contribution in [2.24, 2.45) is 0 Å². The van der Waals surface area contributed by atoms with E-state index in [9.17, 15) is 4.79 Å². The summed E-state index contributed by atoms with van der Waals surface area (Å²) in [5, 5.41) is 4.09. The molecule has 0 aromatic heterocycles. The molecule has 0 radical (unpaired) electrons. The van der Waals surface area contributed by atoms with Gasteiger partial charge in [-0.2, -0.15) is 0 Å². The minimum Gasteiger partial charge on any atom is -0.493 e. The second-order valence-electron chi connectivity index (χ2n) is 6.63. The van der Waals surface area contributed by atoms with Crippen LogP contribution in [0.15, 0.2) is 36.4 Å². The number of hydrogen-bond acceptors (Lipinski definition) is 4. The molecule has 1 N–H and O–H groups in total. The van der Waals surface area contributed by atoms with Crippen LogP contribution in [0.2, 0.25) is 10.0 Å². The van der Waals surface area contributed by atoms with Crippen molar-refractivity contribution in [2.75, 3.05) is 34.4 Å². The first-order chi connectivity index (χ1) is 13.3. The van der Waals surface area contributed by atoms with Gasteiger partial charge in [0.1, 0.15) is 0 Å². The van der Waals surface area contributed by atoms with Gasteiger partial charge in [-0.3, -0.25) is 9.69 Å². The minimum atomic E-state index is -0.198. The quantitative estimate of drug-likeness (QED) is 0.649. The van der Waals surface area contributed by atoms with Crippen LogP contribution in [0.4, 0.5) is 0 Å². The maximum Gasteiger partial charge on any atom is 0.234 e. The number of hydrogen-bond donors (Lipinski definition) is 1. The van der Waals surface area contributed by atoms with Crippen molar-refractivity contribution < 1.29 is 14.3 Å². The van der Waals surface area contributed by atoms with E-state index in [0.29, 0.717) is 28.1 Å². The highest BCUT2D eigenvalue weighted by molar-refractivity contribution is 6.35. The Hall–Kier alpha value is -1.95. The van der Waals surface area contributed by atoms with Crippen LogP contribution >= 0.6 is 23.2 Å². The molecule has 1 amide bonds.